The van der Waals surface area contributed by atoms with Gasteiger partial charge in [0.15, 0.2) is 0 Å². The summed E-state index contributed by atoms with van der Waals surface area (Å²) < 4.78 is 0. The Balaban J connectivity index is 1.99. The Morgan fingerprint density at radius 1 is 0.923 bits per heavy atom. The lowest BCUT2D eigenvalue weighted by molar-refractivity contribution is -0.115. The maximum Gasteiger partial charge on any atom is 0.336 e. The molecule has 3 amide bonds. The monoisotopic (exact) mass is 526 g/mol. The van der Waals surface area contributed by atoms with Crippen LogP contribution in [0.4, 0.5) is 5.69 Å². The van der Waals surface area contributed by atoms with Gasteiger partial charge >= 0.3 is 5.97 Å². The van der Waals surface area contributed by atoms with E-state index in [9.17, 15) is 24.3 Å². The average Bonchev–Trinajstić information content (AvgIpc) is 2.90. The van der Waals surface area contributed by atoms with Crippen LogP contribution in [0.1, 0.15) is 63.0 Å². The summed E-state index contributed by atoms with van der Waals surface area (Å²) in [6.07, 6.45) is 1.58. The molecule has 0 aliphatic rings. The maximum atomic E-state index is 13.4. The van der Waals surface area contributed by atoms with Gasteiger partial charge in [-0.25, -0.2) is 4.79 Å². The van der Waals surface area contributed by atoms with Gasteiger partial charge in [0.25, 0.3) is 11.8 Å². The van der Waals surface area contributed by atoms with Crippen molar-refractivity contribution in [2.45, 2.75) is 20.8 Å². The summed E-state index contributed by atoms with van der Waals surface area (Å²) in [7, 11) is 0. The number of amides is 3. The highest BCUT2D eigenvalue weighted by atomic mass is 16.4. The third-order valence-corrected chi connectivity index (χ3v) is 5.71. The highest BCUT2D eigenvalue weighted by Gasteiger charge is 2.21. The molecule has 0 radical (unpaired) electrons. The van der Waals surface area contributed by atoms with Crippen LogP contribution in [0.25, 0.3) is 17.2 Å². The second kappa shape index (κ2) is 12.5. The van der Waals surface area contributed by atoms with Crippen LogP contribution in [-0.4, -0.2) is 41.2 Å². The van der Waals surface area contributed by atoms with Crippen LogP contribution in [0.5, 0.6) is 0 Å². The van der Waals surface area contributed by atoms with Crippen LogP contribution >= 0.6 is 0 Å². The number of carboxylic acids is 1. The Morgan fingerprint density at radius 2 is 1.54 bits per heavy atom. The van der Waals surface area contributed by atoms with Crippen molar-refractivity contribution in [1.29, 1.82) is 0 Å². The summed E-state index contributed by atoms with van der Waals surface area (Å²) in [5.41, 5.74) is 8.40. The molecule has 0 fully saturated rings. The summed E-state index contributed by atoms with van der Waals surface area (Å²) in [6.45, 7) is 9.41. The number of carboxylic acid groups (broad SMARTS) is 1. The number of nitrogens with zero attached hydrogens (tertiary/aromatic N) is 1. The van der Waals surface area contributed by atoms with Crippen molar-refractivity contribution in [3.05, 3.63) is 95.1 Å². The standard InChI is InChI=1S/C30H30N4O5/c1-5-19-6-12-23(24-13-9-21(15-26(24)30(38)39)28(36)32-16-17(2)3)25(14-19)29(37)34-22-10-7-20(8-11-22)27(31)33-18(4)35/h5-15,17H,1,16H2,2-4H3,(H,32,36)(H,34,37)(H,38,39)(H2,31,33,35). The topological polar surface area (TPSA) is 151 Å². The minimum atomic E-state index is -1.23. The predicted octanol–water partition coefficient (Wildman–Crippen LogP) is 4.58. The Kier molecular flexibility index (Phi) is 9.11. The molecule has 9 nitrogen and oxygen atoms in total. The van der Waals surface area contributed by atoms with E-state index in [2.05, 4.69) is 22.2 Å². The number of hydrogen-bond donors (Lipinski definition) is 4. The molecule has 0 heterocycles. The number of aromatic carboxylic acids is 1. The van der Waals surface area contributed by atoms with Crippen molar-refractivity contribution >= 4 is 41.3 Å². The first kappa shape index (κ1) is 28.5. The van der Waals surface area contributed by atoms with E-state index in [0.717, 1.165) is 0 Å². The van der Waals surface area contributed by atoms with E-state index in [1.807, 2.05) is 13.8 Å². The van der Waals surface area contributed by atoms with E-state index in [-0.39, 0.29) is 39.9 Å². The quantitative estimate of drug-likeness (QED) is 0.237. The van der Waals surface area contributed by atoms with E-state index < -0.39 is 17.8 Å². The molecule has 39 heavy (non-hydrogen) atoms. The summed E-state index contributed by atoms with van der Waals surface area (Å²) in [6, 6.07) is 15.8. The van der Waals surface area contributed by atoms with Gasteiger partial charge < -0.3 is 21.5 Å². The fourth-order valence-electron chi connectivity index (χ4n) is 3.76. The normalized spacial score (nSPS) is 11.1. The molecule has 3 aromatic rings. The average molecular weight is 527 g/mol. The molecule has 0 atom stereocenters. The van der Waals surface area contributed by atoms with Gasteiger partial charge in [-0.3, -0.25) is 14.4 Å². The number of nitrogens with two attached hydrogens (primary N) is 1. The highest BCUT2D eigenvalue weighted by Crippen LogP contribution is 2.30. The molecule has 0 aliphatic heterocycles. The van der Waals surface area contributed by atoms with Crippen molar-refractivity contribution < 1.29 is 24.3 Å². The fraction of sp³-hybridized carbons (Fsp3) is 0.167. The minimum Gasteiger partial charge on any atom is -0.478 e. The third kappa shape index (κ3) is 7.26. The van der Waals surface area contributed by atoms with Gasteiger partial charge in [-0.1, -0.05) is 44.7 Å². The van der Waals surface area contributed by atoms with E-state index >= 15 is 0 Å². The molecular formula is C30H30N4O5. The number of aliphatic imine (C=N–C) groups is 1. The fourth-order valence-corrected chi connectivity index (χ4v) is 3.76. The molecule has 3 rings (SSSR count). The molecule has 3 aromatic carbocycles. The molecule has 0 unspecified atom stereocenters. The smallest absolute Gasteiger partial charge is 0.336 e. The van der Waals surface area contributed by atoms with Gasteiger partial charge in [0.1, 0.15) is 5.84 Å². The predicted molar refractivity (Wildman–Crippen MR) is 152 cm³/mol. The summed E-state index contributed by atoms with van der Waals surface area (Å²) in [4.78, 5) is 53.0. The lowest BCUT2D eigenvalue weighted by Gasteiger charge is -2.15. The number of rotatable bonds is 9. The van der Waals surface area contributed by atoms with Crippen LogP contribution in [-0.2, 0) is 4.79 Å². The summed E-state index contributed by atoms with van der Waals surface area (Å²) in [5, 5.41) is 15.5. The van der Waals surface area contributed by atoms with E-state index in [1.165, 1.54) is 25.1 Å². The number of hydrogen-bond acceptors (Lipinski definition) is 4. The zero-order chi connectivity index (χ0) is 28.7. The van der Waals surface area contributed by atoms with Crippen LogP contribution < -0.4 is 16.4 Å². The van der Waals surface area contributed by atoms with Gasteiger partial charge in [-0.15, -0.1) is 0 Å². The van der Waals surface area contributed by atoms with Crippen molar-refractivity contribution in [2.75, 3.05) is 11.9 Å². The molecule has 0 saturated carbocycles. The lowest BCUT2D eigenvalue weighted by atomic mass is 9.92. The number of benzene rings is 3. The first-order valence-electron chi connectivity index (χ1n) is 12.2. The maximum absolute atomic E-state index is 13.4. The van der Waals surface area contributed by atoms with Gasteiger partial charge in [0, 0.05) is 35.8 Å². The number of amidine groups is 1. The highest BCUT2D eigenvalue weighted by molar-refractivity contribution is 6.11. The number of carbonyl (C=O) groups excluding carboxylic acids is 3. The number of nitrogens with one attached hydrogen (secondary N) is 2. The molecule has 5 N–H and O–H groups in total. The van der Waals surface area contributed by atoms with Crippen LogP contribution in [0.2, 0.25) is 0 Å². The lowest BCUT2D eigenvalue weighted by Crippen LogP contribution is -2.27. The van der Waals surface area contributed by atoms with Crippen LogP contribution in [0.3, 0.4) is 0 Å². The summed E-state index contributed by atoms with van der Waals surface area (Å²) in [5.74, 6) is -2.23. The number of carbonyl (C=O) groups is 4. The molecular weight excluding hydrogens is 496 g/mol. The van der Waals surface area contributed by atoms with Crippen molar-refractivity contribution in [3.8, 4) is 11.1 Å². The summed E-state index contributed by atoms with van der Waals surface area (Å²) >= 11 is 0. The Hall–Kier alpha value is -5.05. The first-order chi connectivity index (χ1) is 18.5. The Bertz CT molecular complexity index is 1470. The largest absolute Gasteiger partial charge is 0.478 e. The van der Waals surface area contributed by atoms with Gasteiger partial charge in [0.05, 0.1) is 5.56 Å². The van der Waals surface area contributed by atoms with E-state index in [0.29, 0.717) is 28.9 Å². The second-order valence-corrected chi connectivity index (χ2v) is 9.23. The zero-order valence-corrected chi connectivity index (χ0v) is 21.9. The van der Waals surface area contributed by atoms with Crippen LogP contribution in [0.15, 0.2) is 72.2 Å². The first-order valence-corrected chi connectivity index (χ1v) is 12.2. The van der Waals surface area contributed by atoms with E-state index in [4.69, 9.17) is 5.73 Å². The van der Waals surface area contributed by atoms with Gasteiger partial charge in [0.2, 0.25) is 5.91 Å². The van der Waals surface area contributed by atoms with Gasteiger partial charge in [-0.2, -0.15) is 4.99 Å². The van der Waals surface area contributed by atoms with Crippen molar-refractivity contribution in [3.63, 3.8) is 0 Å². The zero-order valence-electron chi connectivity index (χ0n) is 21.9. The molecule has 200 valence electrons. The minimum absolute atomic E-state index is 0.0591. The van der Waals surface area contributed by atoms with E-state index in [1.54, 1.807) is 48.5 Å². The Labute approximate surface area is 226 Å². The van der Waals surface area contributed by atoms with Crippen LogP contribution in [0, 0.1) is 5.92 Å². The molecule has 0 aromatic heterocycles. The molecule has 0 bridgehead atoms. The SMILES string of the molecule is C=Cc1ccc(-c2ccc(C(=O)NCC(C)C)cc2C(=O)O)c(C(=O)Nc2ccc(C(N)=NC(C)=O)cc2)c1. The molecule has 0 aliphatic carbocycles. The molecule has 0 saturated heterocycles. The molecule has 0 spiro atoms. The molecule has 9 heteroatoms. The van der Waals surface area contributed by atoms with Gasteiger partial charge in [-0.05, 0) is 65.1 Å². The Morgan fingerprint density at radius 3 is 2.13 bits per heavy atom. The number of anilines is 1. The van der Waals surface area contributed by atoms with Crippen molar-refractivity contribution in [2.24, 2.45) is 16.6 Å². The third-order valence-electron chi connectivity index (χ3n) is 5.71. The second-order valence-electron chi connectivity index (χ2n) is 9.23. The van der Waals surface area contributed by atoms with Crippen molar-refractivity contribution in [1.82, 2.24) is 5.32 Å².